The maximum atomic E-state index is 14.5. The fourth-order valence-corrected chi connectivity index (χ4v) is 11.3. The van der Waals surface area contributed by atoms with Gasteiger partial charge in [0.15, 0.2) is 0 Å². The number of aryl methyl sites for hydroxylation is 8. The van der Waals surface area contributed by atoms with Gasteiger partial charge >= 0.3 is 0 Å². The Labute approximate surface area is 545 Å². The van der Waals surface area contributed by atoms with Gasteiger partial charge in [-0.25, -0.2) is 17.6 Å². The molecule has 0 unspecified atom stereocenters. The first-order valence-electron chi connectivity index (χ1n) is 32.5. The van der Waals surface area contributed by atoms with Gasteiger partial charge < -0.3 is 0 Å². The van der Waals surface area contributed by atoms with Gasteiger partial charge in [0.1, 0.15) is 23.3 Å². The van der Waals surface area contributed by atoms with Crippen LogP contribution in [-0.2, 0) is 25.7 Å². The molecule has 0 aromatic heterocycles. The zero-order chi connectivity index (χ0) is 64.9. The number of rotatable bonds is 16. The van der Waals surface area contributed by atoms with E-state index in [-0.39, 0.29) is 23.3 Å². The minimum absolute atomic E-state index is 0.177. The topological polar surface area (TPSA) is 0 Å². The minimum atomic E-state index is -0.177. The second kappa shape index (κ2) is 32.9. The van der Waals surface area contributed by atoms with Crippen molar-refractivity contribution in [3.05, 3.63) is 335 Å². The molecule has 0 heterocycles. The molecule has 0 radical (unpaired) electrons. The lowest BCUT2D eigenvalue weighted by Crippen LogP contribution is -1.88. The van der Waals surface area contributed by atoms with E-state index in [0.29, 0.717) is 22.3 Å². The first-order chi connectivity index (χ1) is 44.7. The molecule has 0 aliphatic carbocycles. The summed E-state index contributed by atoms with van der Waals surface area (Å²) in [7, 11) is 0. The average molecular weight is 1220 g/mol. The number of hydrogen-bond acceptors (Lipinski definition) is 0. The standard InChI is InChI=1S/4C22H21F/c4*1-3-4-17-7-11-18(12-8-17)20-13-14-21(22(23)15-20)19-9-5-16(2)6-10-19/h4*5-15H,3-4H2,1-2H3. The Morgan fingerprint density at radius 2 is 0.337 bits per heavy atom. The number of halogens is 4. The summed E-state index contributed by atoms with van der Waals surface area (Å²) >= 11 is 0. The third-order valence-corrected chi connectivity index (χ3v) is 16.6. The zero-order valence-electron chi connectivity index (χ0n) is 54.6. The Balaban J connectivity index is 0.000000145. The molecule has 0 fully saturated rings. The van der Waals surface area contributed by atoms with E-state index in [2.05, 4.69) is 125 Å². The fourth-order valence-electron chi connectivity index (χ4n) is 11.3. The molecule has 0 bridgehead atoms. The molecule has 0 saturated heterocycles. The van der Waals surface area contributed by atoms with Crippen molar-refractivity contribution in [2.75, 3.05) is 0 Å². The van der Waals surface area contributed by atoms with Crippen LogP contribution in [0.2, 0.25) is 0 Å². The first-order valence-corrected chi connectivity index (χ1v) is 32.5. The van der Waals surface area contributed by atoms with E-state index in [9.17, 15) is 17.6 Å². The highest BCUT2D eigenvalue weighted by Crippen LogP contribution is 2.33. The molecule has 0 spiro atoms. The Morgan fingerprint density at radius 3 is 0.489 bits per heavy atom. The molecule has 0 aliphatic rings. The van der Waals surface area contributed by atoms with Gasteiger partial charge in [0.05, 0.1) is 0 Å². The lowest BCUT2D eigenvalue weighted by atomic mass is 9.98. The molecular weight excluding hydrogens is 1130 g/mol. The van der Waals surface area contributed by atoms with E-state index in [1.807, 2.05) is 173 Å². The van der Waals surface area contributed by atoms with E-state index in [4.69, 9.17) is 0 Å². The molecule has 0 atom stereocenters. The van der Waals surface area contributed by atoms with Crippen molar-refractivity contribution in [2.45, 2.75) is 107 Å². The molecule has 12 aromatic rings. The second-order valence-electron chi connectivity index (χ2n) is 24.0. The van der Waals surface area contributed by atoms with Crippen LogP contribution >= 0.6 is 0 Å². The summed E-state index contributed by atoms with van der Waals surface area (Å²) in [4.78, 5) is 0. The molecule has 0 saturated carbocycles. The van der Waals surface area contributed by atoms with Crippen molar-refractivity contribution in [3.63, 3.8) is 0 Å². The Kier molecular flexibility index (Phi) is 23.9. The van der Waals surface area contributed by atoms with Gasteiger partial charge in [-0.3, -0.25) is 0 Å². The molecule has 0 nitrogen and oxygen atoms in total. The van der Waals surface area contributed by atoms with Crippen molar-refractivity contribution in [2.24, 2.45) is 0 Å². The molecule has 12 aromatic carbocycles. The van der Waals surface area contributed by atoms with Gasteiger partial charge in [0.25, 0.3) is 0 Å². The molecule has 464 valence electrons. The molecule has 12 rings (SSSR count). The van der Waals surface area contributed by atoms with Crippen LogP contribution in [0.1, 0.15) is 97.9 Å². The van der Waals surface area contributed by atoms with Crippen LogP contribution in [-0.4, -0.2) is 0 Å². The van der Waals surface area contributed by atoms with Crippen molar-refractivity contribution in [3.8, 4) is 89.0 Å². The van der Waals surface area contributed by atoms with Crippen LogP contribution in [0.15, 0.2) is 267 Å². The Bertz CT molecular complexity index is 3690. The monoisotopic (exact) mass is 1220 g/mol. The maximum absolute atomic E-state index is 14.5. The summed E-state index contributed by atoms with van der Waals surface area (Å²) in [6.45, 7) is 16.8. The van der Waals surface area contributed by atoms with Crippen LogP contribution in [0.3, 0.4) is 0 Å². The largest absolute Gasteiger partial charge is 0.206 e. The maximum Gasteiger partial charge on any atom is 0.131 e. The molecule has 0 N–H and O–H groups in total. The van der Waals surface area contributed by atoms with Crippen molar-refractivity contribution < 1.29 is 17.6 Å². The van der Waals surface area contributed by atoms with Gasteiger partial charge in [-0.15, -0.1) is 0 Å². The van der Waals surface area contributed by atoms with E-state index in [1.54, 1.807) is 24.3 Å². The third kappa shape index (κ3) is 18.3. The highest BCUT2D eigenvalue weighted by Gasteiger charge is 2.13. The highest BCUT2D eigenvalue weighted by molar-refractivity contribution is 5.75. The lowest BCUT2D eigenvalue weighted by molar-refractivity contribution is 0.631. The smallest absolute Gasteiger partial charge is 0.131 e. The molecule has 92 heavy (non-hydrogen) atoms. The van der Waals surface area contributed by atoms with Gasteiger partial charge in [0, 0.05) is 22.3 Å². The molecule has 0 amide bonds. The normalized spacial score (nSPS) is 10.7. The first kappa shape index (κ1) is 66.8. The van der Waals surface area contributed by atoms with Crippen LogP contribution in [0.5, 0.6) is 0 Å². The summed E-state index contributed by atoms with van der Waals surface area (Å²) in [5, 5.41) is 0. The summed E-state index contributed by atoms with van der Waals surface area (Å²) in [5.41, 5.74) is 24.2. The quantitative estimate of drug-likeness (QED) is 0.0846. The van der Waals surface area contributed by atoms with Gasteiger partial charge in [-0.2, -0.15) is 0 Å². The minimum Gasteiger partial charge on any atom is -0.206 e. The summed E-state index contributed by atoms with van der Waals surface area (Å²) < 4.78 is 58.1. The van der Waals surface area contributed by atoms with Crippen LogP contribution in [0.25, 0.3) is 89.0 Å². The summed E-state index contributed by atoms with van der Waals surface area (Å²) in [5.74, 6) is -0.707. The second-order valence-corrected chi connectivity index (χ2v) is 24.0. The Morgan fingerprint density at radius 1 is 0.185 bits per heavy atom. The van der Waals surface area contributed by atoms with E-state index < -0.39 is 0 Å². The van der Waals surface area contributed by atoms with Crippen molar-refractivity contribution in [1.82, 2.24) is 0 Å². The van der Waals surface area contributed by atoms with Crippen molar-refractivity contribution in [1.29, 1.82) is 0 Å². The van der Waals surface area contributed by atoms with Gasteiger partial charge in [-0.05, 0) is 167 Å². The fraction of sp³-hybridized carbons (Fsp3) is 0.182. The average Bonchev–Trinajstić information content (AvgIpc) is 1.01. The highest BCUT2D eigenvalue weighted by atomic mass is 19.1. The SMILES string of the molecule is CCCc1ccc(-c2ccc(-c3ccc(C)cc3)c(F)c2)cc1.CCCc1ccc(-c2ccc(-c3ccc(C)cc3)c(F)c2)cc1.CCCc1ccc(-c2ccc(-c3ccc(C)cc3)c(F)c2)cc1.CCCc1ccc(-c2ccc(-c3ccc(C)cc3)c(F)c2)cc1. The lowest BCUT2D eigenvalue weighted by Gasteiger charge is -2.08. The molecule has 0 aliphatic heterocycles. The van der Waals surface area contributed by atoms with E-state index >= 15 is 0 Å². The summed E-state index contributed by atoms with van der Waals surface area (Å²) in [6, 6.07) is 87.4. The van der Waals surface area contributed by atoms with Crippen LogP contribution in [0.4, 0.5) is 17.6 Å². The van der Waals surface area contributed by atoms with Gasteiger partial charge in [-0.1, -0.05) is 318 Å². The predicted octanol–water partition coefficient (Wildman–Crippen LogP) is 25.7. The summed E-state index contributed by atoms with van der Waals surface area (Å²) in [6.07, 6.45) is 8.89. The number of hydrogen-bond donors (Lipinski definition) is 0. The third-order valence-electron chi connectivity index (χ3n) is 16.6. The predicted molar refractivity (Wildman–Crippen MR) is 384 cm³/mol. The Hall–Kier alpha value is -9.64. The molecular formula is C88H84F4. The van der Waals surface area contributed by atoms with E-state index in [1.165, 1.54) is 44.5 Å². The number of benzene rings is 12. The van der Waals surface area contributed by atoms with Gasteiger partial charge in [0.2, 0.25) is 0 Å². The van der Waals surface area contributed by atoms with Crippen molar-refractivity contribution >= 4 is 0 Å². The van der Waals surface area contributed by atoms with Crippen LogP contribution in [0, 0.1) is 51.0 Å². The molecule has 4 heteroatoms. The van der Waals surface area contributed by atoms with E-state index in [0.717, 1.165) is 118 Å². The zero-order valence-corrected chi connectivity index (χ0v) is 54.6. The van der Waals surface area contributed by atoms with Crippen LogP contribution < -0.4 is 0 Å².